The first-order chi connectivity index (χ1) is 13.2. The lowest BCUT2D eigenvalue weighted by Gasteiger charge is -2.45. The van der Waals surface area contributed by atoms with E-state index in [1.807, 2.05) is 6.92 Å². The largest absolute Gasteiger partial charge is 0.385 e. The number of allylic oxidation sites excluding steroid dienone is 1. The molecule has 2 aliphatic heterocycles. The molecule has 0 bridgehead atoms. The van der Waals surface area contributed by atoms with Crippen LogP contribution >= 0.6 is 0 Å². The Morgan fingerprint density at radius 1 is 1.29 bits per heavy atom. The van der Waals surface area contributed by atoms with Gasteiger partial charge in [0.15, 0.2) is 0 Å². The van der Waals surface area contributed by atoms with Gasteiger partial charge in [-0.3, -0.25) is 9.69 Å². The zero-order valence-electron chi connectivity index (χ0n) is 18.4. The highest BCUT2D eigenvalue weighted by Gasteiger charge is 2.33. The van der Waals surface area contributed by atoms with Crippen LogP contribution in [0.5, 0.6) is 0 Å². The molecule has 6 nitrogen and oxygen atoms in total. The fourth-order valence-electron chi connectivity index (χ4n) is 4.11. The Kier molecular flexibility index (Phi) is 8.53. The quantitative estimate of drug-likeness (QED) is 0.610. The lowest BCUT2D eigenvalue weighted by atomic mass is 9.89. The minimum atomic E-state index is -0.331. The van der Waals surface area contributed by atoms with Crippen LogP contribution < -0.4 is 5.73 Å². The van der Waals surface area contributed by atoms with E-state index in [1.165, 1.54) is 0 Å². The number of nitrogens with two attached hydrogens (primary N) is 1. The Morgan fingerprint density at radius 2 is 1.96 bits per heavy atom. The molecule has 28 heavy (non-hydrogen) atoms. The van der Waals surface area contributed by atoms with Gasteiger partial charge >= 0.3 is 0 Å². The summed E-state index contributed by atoms with van der Waals surface area (Å²) in [4.78, 5) is 17.2. The molecule has 0 aliphatic carbocycles. The molecule has 0 radical (unpaired) electrons. The van der Waals surface area contributed by atoms with E-state index in [-0.39, 0.29) is 12.1 Å². The van der Waals surface area contributed by atoms with E-state index >= 15 is 0 Å². The summed E-state index contributed by atoms with van der Waals surface area (Å²) in [5, 5.41) is 0. The third-order valence-electron chi connectivity index (χ3n) is 5.50. The van der Waals surface area contributed by atoms with Crippen LogP contribution in [0.15, 0.2) is 22.9 Å². The van der Waals surface area contributed by atoms with E-state index in [1.54, 1.807) is 7.11 Å². The molecular formula is C22H39N3O3. The third kappa shape index (κ3) is 6.33. The first-order valence-electron chi connectivity index (χ1n) is 10.5. The first kappa shape index (κ1) is 22.9. The van der Waals surface area contributed by atoms with Gasteiger partial charge in [-0.1, -0.05) is 20.8 Å². The molecule has 6 heteroatoms. The van der Waals surface area contributed by atoms with Crippen molar-refractivity contribution in [2.75, 3.05) is 46.6 Å². The van der Waals surface area contributed by atoms with Crippen molar-refractivity contribution in [3.05, 3.63) is 22.9 Å². The molecule has 1 fully saturated rings. The molecule has 0 aromatic heterocycles. The predicted molar refractivity (Wildman–Crippen MR) is 113 cm³/mol. The number of rotatable bonds is 9. The van der Waals surface area contributed by atoms with E-state index in [9.17, 15) is 4.79 Å². The van der Waals surface area contributed by atoms with Crippen molar-refractivity contribution in [1.29, 1.82) is 0 Å². The number of morpholine rings is 1. The summed E-state index contributed by atoms with van der Waals surface area (Å²) in [6.07, 6.45) is 6.26. The summed E-state index contributed by atoms with van der Waals surface area (Å²) < 4.78 is 10.8. The van der Waals surface area contributed by atoms with Crippen molar-refractivity contribution in [3.8, 4) is 0 Å². The smallest absolute Gasteiger partial charge is 0.250 e. The topological polar surface area (TPSA) is 68.0 Å². The summed E-state index contributed by atoms with van der Waals surface area (Å²) in [5.74, 6) is -0.331. The first-order valence-corrected chi connectivity index (χ1v) is 10.5. The predicted octanol–water partition coefficient (Wildman–Crippen LogP) is 2.90. The van der Waals surface area contributed by atoms with Crippen molar-refractivity contribution < 1.29 is 14.3 Å². The van der Waals surface area contributed by atoms with Crippen LogP contribution in [0.25, 0.3) is 0 Å². The lowest BCUT2D eigenvalue weighted by Crippen LogP contribution is -2.53. The van der Waals surface area contributed by atoms with E-state index < -0.39 is 0 Å². The molecule has 160 valence electrons. The molecule has 1 saturated heterocycles. The summed E-state index contributed by atoms with van der Waals surface area (Å²) >= 11 is 0. The van der Waals surface area contributed by atoms with E-state index in [4.69, 9.17) is 15.2 Å². The number of hydrogen-bond donors (Lipinski definition) is 1. The maximum absolute atomic E-state index is 12.3. The third-order valence-corrected chi connectivity index (χ3v) is 5.50. The molecule has 1 unspecified atom stereocenters. The fourth-order valence-corrected chi connectivity index (χ4v) is 4.11. The molecule has 1 amide bonds. The Hall–Kier alpha value is -1.37. The van der Waals surface area contributed by atoms with Crippen molar-refractivity contribution >= 4 is 5.91 Å². The number of ether oxygens (including phenoxy) is 2. The molecule has 1 atom stereocenters. The summed E-state index contributed by atoms with van der Waals surface area (Å²) in [7, 11) is 1.72. The van der Waals surface area contributed by atoms with E-state index in [0.29, 0.717) is 17.6 Å². The lowest BCUT2D eigenvalue weighted by molar-refractivity contribution is -0.114. The van der Waals surface area contributed by atoms with Gasteiger partial charge in [-0.15, -0.1) is 0 Å². The van der Waals surface area contributed by atoms with Crippen molar-refractivity contribution in [2.45, 2.75) is 59.5 Å². The summed E-state index contributed by atoms with van der Waals surface area (Å²) in [5.41, 5.74) is 8.86. The Bertz CT molecular complexity index is 586. The van der Waals surface area contributed by atoms with Crippen LogP contribution in [0.3, 0.4) is 0 Å². The Morgan fingerprint density at radius 3 is 2.54 bits per heavy atom. The molecule has 2 heterocycles. The number of hydrogen-bond acceptors (Lipinski definition) is 5. The standard InChI is InChI=1S/C22H39N3O3/c1-17-16-19(24-11-14-28-15-12-24)25(10-7-9-22(2,3)4)18(8-6-13-27-5)20(17)21(23)26/h16,19H,6-15H2,1-5H3,(H2,23,26). The molecule has 0 saturated carbocycles. The minimum absolute atomic E-state index is 0.157. The van der Waals surface area contributed by atoms with Gasteiger partial charge in [-0.05, 0) is 49.7 Å². The number of carbonyl (C=O) groups excluding carboxylic acids is 1. The molecular weight excluding hydrogens is 354 g/mol. The van der Waals surface area contributed by atoms with Crippen LogP contribution in [0.1, 0.15) is 53.4 Å². The van der Waals surface area contributed by atoms with Gasteiger partial charge in [0.2, 0.25) is 0 Å². The molecule has 0 aromatic rings. The number of primary amides is 1. The van der Waals surface area contributed by atoms with Gasteiger partial charge in [-0.2, -0.15) is 0 Å². The van der Waals surface area contributed by atoms with E-state index in [0.717, 1.165) is 69.8 Å². The fraction of sp³-hybridized carbons (Fsp3) is 0.773. The number of nitrogens with zero attached hydrogens (tertiary/aromatic N) is 2. The highest BCUT2D eigenvalue weighted by Crippen LogP contribution is 2.33. The molecule has 0 aromatic carbocycles. The van der Waals surface area contributed by atoms with Crippen LogP contribution in [-0.4, -0.2) is 68.4 Å². The zero-order chi connectivity index (χ0) is 20.7. The van der Waals surface area contributed by atoms with Crippen molar-refractivity contribution in [3.63, 3.8) is 0 Å². The average Bonchev–Trinajstić information content (AvgIpc) is 2.62. The van der Waals surface area contributed by atoms with Crippen molar-refractivity contribution in [1.82, 2.24) is 9.80 Å². The second-order valence-corrected chi connectivity index (χ2v) is 9.05. The Balaban J connectivity index is 2.31. The number of methoxy groups -OCH3 is 1. The SMILES string of the molecule is COCCCC1=C(C(N)=O)C(C)=CC(N2CCOCC2)N1CCCC(C)(C)C. The zero-order valence-corrected chi connectivity index (χ0v) is 18.4. The van der Waals surface area contributed by atoms with Crippen LogP contribution in [0.2, 0.25) is 0 Å². The second kappa shape index (κ2) is 10.4. The van der Waals surface area contributed by atoms with E-state index in [2.05, 4.69) is 36.6 Å². The minimum Gasteiger partial charge on any atom is -0.385 e. The van der Waals surface area contributed by atoms with Gasteiger partial charge in [0, 0.05) is 39.0 Å². The molecule has 2 N–H and O–H groups in total. The maximum atomic E-state index is 12.3. The van der Waals surface area contributed by atoms with Crippen LogP contribution in [0.4, 0.5) is 0 Å². The summed E-state index contributed by atoms with van der Waals surface area (Å²) in [6.45, 7) is 13.7. The highest BCUT2D eigenvalue weighted by atomic mass is 16.5. The van der Waals surface area contributed by atoms with Gasteiger partial charge in [-0.25, -0.2) is 0 Å². The van der Waals surface area contributed by atoms with Gasteiger partial charge in [0.25, 0.3) is 5.91 Å². The highest BCUT2D eigenvalue weighted by molar-refractivity contribution is 5.97. The normalized spacial score (nSPS) is 21.8. The maximum Gasteiger partial charge on any atom is 0.250 e. The van der Waals surface area contributed by atoms with Crippen LogP contribution in [0, 0.1) is 5.41 Å². The van der Waals surface area contributed by atoms with Gasteiger partial charge in [0.05, 0.1) is 18.8 Å². The molecule has 2 aliphatic rings. The monoisotopic (exact) mass is 393 g/mol. The molecule has 0 spiro atoms. The number of carbonyl (C=O) groups is 1. The Labute approximate surface area is 170 Å². The molecule has 2 rings (SSSR count). The van der Waals surface area contributed by atoms with Crippen molar-refractivity contribution in [2.24, 2.45) is 11.1 Å². The van der Waals surface area contributed by atoms with Crippen LogP contribution in [-0.2, 0) is 14.3 Å². The average molecular weight is 394 g/mol. The van der Waals surface area contributed by atoms with Gasteiger partial charge < -0.3 is 20.1 Å². The van der Waals surface area contributed by atoms with Gasteiger partial charge in [0.1, 0.15) is 6.17 Å². The number of amides is 1. The summed E-state index contributed by atoms with van der Waals surface area (Å²) in [6, 6.07) is 0. The second-order valence-electron chi connectivity index (χ2n) is 9.05.